The Morgan fingerprint density at radius 3 is 2.22 bits per heavy atom. The van der Waals surface area contributed by atoms with E-state index < -0.39 is 9.05 Å². The Labute approximate surface area is 111 Å². The molecule has 0 atom stereocenters. The first-order chi connectivity index (χ1) is 8.39. The van der Waals surface area contributed by atoms with Crippen molar-refractivity contribution in [3.05, 3.63) is 36.4 Å². The van der Waals surface area contributed by atoms with Crippen molar-refractivity contribution in [1.82, 2.24) is 0 Å². The Hall–Kier alpha value is -1.26. The molecule has 0 bridgehead atoms. The van der Waals surface area contributed by atoms with E-state index in [1.807, 2.05) is 26.0 Å². The molecule has 0 radical (unpaired) electrons. The van der Waals surface area contributed by atoms with Gasteiger partial charge in [0.1, 0.15) is 5.75 Å². The first-order valence-electron chi connectivity index (χ1n) is 5.52. The van der Waals surface area contributed by atoms with Crippen molar-refractivity contribution in [2.24, 2.45) is 0 Å². The summed E-state index contributed by atoms with van der Waals surface area (Å²) < 4.78 is 28.7. The summed E-state index contributed by atoms with van der Waals surface area (Å²) in [5, 5.41) is 1.32. The van der Waals surface area contributed by atoms with Gasteiger partial charge in [-0.15, -0.1) is 0 Å². The summed E-state index contributed by atoms with van der Waals surface area (Å²) in [6, 6.07) is 10.3. The van der Waals surface area contributed by atoms with Crippen molar-refractivity contribution in [2.45, 2.75) is 24.8 Å². The maximum Gasteiger partial charge on any atom is 0.261 e. The molecule has 0 saturated carbocycles. The van der Waals surface area contributed by atoms with E-state index in [1.54, 1.807) is 18.2 Å². The number of ether oxygens (including phenoxy) is 1. The summed E-state index contributed by atoms with van der Waals surface area (Å²) in [4.78, 5) is 0.107. The quantitative estimate of drug-likeness (QED) is 0.810. The zero-order chi connectivity index (χ0) is 13.3. The van der Waals surface area contributed by atoms with Crippen LogP contribution in [0.5, 0.6) is 5.75 Å². The largest absolute Gasteiger partial charge is 0.490 e. The van der Waals surface area contributed by atoms with Gasteiger partial charge in [-0.05, 0) is 26.0 Å². The molecule has 0 N–H and O–H groups in total. The van der Waals surface area contributed by atoms with Crippen LogP contribution >= 0.6 is 10.7 Å². The molecule has 96 valence electrons. The monoisotopic (exact) mass is 284 g/mol. The second kappa shape index (κ2) is 4.78. The SMILES string of the molecule is CC(C)Oc1ccc(S(=O)(=O)Cl)c2ccccc12. The van der Waals surface area contributed by atoms with Crippen LogP contribution in [-0.2, 0) is 9.05 Å². The van der Waals surface area contributed by atoms with Crippen molar-refractivity contribution in [3.63, 3.8) is 0 Å². The van der Waals surface area contributed by atoms with Crippen molar-refractivity contribution < 1.29 is 13.2 Å². The van der Waals surface area contributed by atoms with Crippen molar-refractivity contribution in [3.8, 4) is 5.75 Å². The van der Waals surface area contributed by atoms with E-state index in [2.05, 4.69) is 0 Å². The highest BCUT2D eigenvalue weighted by atomic mass is 35.7. The van der Waals surface area contributed by atoms with Crippen LogP contribution in [-0.4, -0.2) is 14.5 Å². The Balaban J connectivity index is 2.74. The lowest BCUT2D eigenvalue weighted by atomic mass is 10.1. The fourth-order valence-corrected chi connectivity index (χ4v) is 2.89. The lowest BCUT2D eigenvalue weighted by molar-refractivity contribution is 0.245. The zero-order valence-corrected chi connectivity index (χ0v) is 11.6. The van der Waals surface area contributed by atoms with Gasteiger partial charge in [0.25, 0.3) is 9.05 Å². The van der Waals surface area contributed by atoms with Crippen LogP contribution in [0.25, 0.3) is 10.8 Å². The molecule has 0 fully saturated rings. The number of rotatable bonds is 3. The van der Waals surface area contributed by atoms with Crippen LogP contribution in [0.15, 0.2) is 41.3 Å². The van der Waals surface area contributed by atoms with Crippen LogP contribution in [0, 0.1) is 0 Å². The topological polar surface area (TPSA) is 43.4 Å². The van der Waals surface area contributed by atoms with Gasteiger partial charge in [0.05, 0.1) is 11.0 Å². The number of halogens is 1. The molecular weight excluding hydrogens is 272 g/mol. The highest BCUT2D eigenvalue weighted by Gasteiger charge is 2.16. The van der Waals surface area contributed by atoms with Crippen molar-refractivity contribution in [1.29, 1.82) is 0 Å². The second-order valence-electron chi connectivity index (χ2n) is 4.21. The summed E-state index contributed by atoms with van der Waals surface area (Å²) in [6.07, 6.45) is 0.0202. The number of benzene rings is 2. The molecule has 2 aromatic rings. The first kappa shape index (κ1) is 13.2. The summed E-state index contributed by atoms with van der Waals surface area (Å²) >= 11 is 0. The molecule has 0 unspecified atom stereocenters. The zero-order valence-electron chi connectivity index (χ0n) is 10.1. The van der Waals surface area contributed by atoms with Crippen LogP contribution in [0.4, 0.5) is 0 Å². The number of fused-ring (bicyclic) bond motifs is 1. The third-order valence-electron chi connectivity index (χ3n) is 2.47. The van der Waals surface area contributed by atoms with Gasteiger partial charge in [0.15, 0.2) is 0 Å². The van der Waals surface area contributed by atoms with Gasteiger partial charge in [-0.1, -0.05) is 24.3 Å². The van der Waals surface area contributed by atoms with Crippen molar-refractivity contribution in [2.75, 3.05) is 0 Å². The maximum absolute atomic E-state index is 11.5. The molecule has 5 heteroatoms. The van der Waals surface area contributed by atoms with Gasteiger partial charge in [-0.25, -0.2) is 8.42 Å². The fraction of sp³-hybridized carbons (Fsp3) is 0.231. The summed E-state index contributed by atoms with van der Waals surface area (Å²) in [5.41, 5.74) is 0. The van der Waals surface area contributed by atoms with Gasteiger partial charge in [0, 0.05) is 21.5 Å². The highest BCUT2D eigenvalue weighted by Crippen LogP contribution is 2.32. The molecule has 2 aromatic carbocycles. The van der Waals surface area contributed by atoms with E-state index in [0.717, 1.165) is 5.39 Å². The third kappa shape index (κ3) is 2.60. The molecule has 0 aliphatic rings. The molecule has 0 heterocycles. The standard InChI is InChI=1S/C13H13ClO3S/c1-9(2)17-12-7-8-13(18(14,15)16)11-6-4-3-5-10(11)12/h3-9H,1-2H3. The Morgan fingerprint density at radius 1 is 1.06 bits per heavy atom. The smallest absolute Gasteiger partial charge is 0.261 e. The summed E-state index contributed by atoms with van der Waals surface area (Å²) in [5.74, 6) is 0.657. The van der Waals surface area contributed by atoms with Crippen molar-refractivity contribution >= 4 is 30.5 Å². The average molecular weight is 285 g/mol. The van der Waals surface area contributed by atoms with Crippen LogP contribution in [0.2, 0.25) is 0 Å². The molecule has 0 saturated heterocycles. The minimum Gasteiger partial charge on any atom is -0.490 e. The molecule has 3 nitrogen and oxygen atoms in total. The molecule has 18 heavy (non-hydrogen) atoms. The van der Waals surface area contributed by atoms with Crippen LogP contribution in [0.3, 0.4) is 0 Å². The molecule has 0 spiro atoms. The number of hydrogen-bond acceptors (Lipinski definition) is 3. The maximum atomic E-state index is 11.5. The van der Waals surface area contributed by atoms with Gasteiger partial charge in [-0.3, -0.25) is 0 Å². The minimum absolute atomic E-state index is 0.0202. The van der Waals surface area contributed by atoms with E-state index in [1.165, 1.54) is 6.07 Å². The Bertz CT molecular complexity index is 678. The predicted octanol–water partition coefficient (Wildman–Crippen LogP) is 3.55. The van der Waals surface area contributed by atoms with Gasteiger partial charge >= 0.3 is 0 Å². The second-order valence-corrected chi connectivity index (χ2v) is 6.75. The summed E-state index contributed by atoms with van der Waals surface area (Å²) in [7, 11) is 1.67. The lowest BCUT2D eigenvalue weighted by Gasteiger charge is -2.13. The van der Waals surface area contributed by atoms with Crippen LogP contribution < -0.4 is 4.74 Å². The lowest BCUT2D eigenvalue weighted by Crippen LogP contribution is -2.06. The van der Waals surface area contributed by atoms with Gasteiger partial charge < -0.3 is 4.74 Å². The normalized spacial score (nSPS) is 12.0. The predicted molar refractivity (Wildman–Crippen MR) is 72.8 cm³/mol. The minimum atomic E-state index is -3.76. The fourth-order valence-electron chi connectivity index (χ4n) is 1.81. The molecular formula is C13H13ClO3S. The Morgan fingerprint density at radius 2 is 1.67 bits per heavy atom. The first-order valence-corrected chi connectivity index (χ1v) is 7.83. The summed E-state index contributed by atoms with van der Waals surface area (Å²) in [6.45, 7) is 3.84. The molecule has 0 amide bonds. The van der Waals surface area contributed by atoms with Gasteiger partial charge in [0.2, 0.25) is 0 Å². The Kier molecular flexibility index (Phi) is 3.50. The van der Waals surface area contributed by atoms with E-state index in [0.29, 0.717) is 11.1 Å². The number of hydrogen-bond donors (Lipinski definition) is 0. The molecule has 0 aliphatic carbocycles. The average Bonchev–Trinajstić information content (AvgIpc) is 2.27. The van der Waals surface area contributed by atoms with E-state index in [-0.39, 0.29) is 11.0 Å². The van der Waals surface area contributed by atoms with Gasteiger partial charge in [-0.2, -0.15) is 0 Å². The molecule has 2 rings (SSSR count). The highest BCUT2D eigenvalue weighted by molar-refractivity contribution is 8.14. The molecule has 0 aliphatic heterocycles. The van der Waals surface area contributed by atoms with E-state index in [4.69, 9.17) is 15.4 Å². The van der Waals surface area contributed by atoms with E-state index in [9.17, 15) is 8.42 Å². The van der Waals surface area contributed by atoms with E-state index >= 15 is 0 Å². The van der Waals surface area contributed by atoms with Crippen LogP contribution in [0.1, 0.15) is 13.8 Å². The third-order valence-corrected chi connectivity index (χ3v) is 3.85. The molecule has 0 aromatic heterocycles.